The van der Waals surface area contributed by atoms with Gasteiger partial charge in [-0.1, -0.05) is 6.07 Å². The molecule has 0 aromatic heterocycles. The van der Waals surface area contributed by atoms with Crippen molar-refractivity contribution in [1.82, 2.24) is 5.32 Å². The maximum absolute atomic E-state index is 12.0. The number of ether oxygens (including phenoxy) is 4. The van der Waals surface area contributed by atoms with Gasteiger partial charge in [-0.15, -0.1) is 0 Å². The van der Waals surface area contributed by atoms with E-state index in [1.165, 1.54) is 0 Å². The summed E-state index contributed by atoms with van der Waals surface area (Å²) in [5, 5.41) is 5.37. The van der Waals surface area contributed by atoms with E-state index in [0.717, 1.165) is 5.56 Å². The summed E-state index contributed by atoms with van der Waals surface area (Å²) in [6.45, 7) is 0.660. The smallest absolute Gasteiger partial charge is 0.233 e. The van der Waals surface area contributed by atoms with Crippen molar-refractivity contribution in [1.29, 1.82) is 0 Å². The molecule has 134 valence electrons. The summed E-state index contributed by atoms with van der Waals surface area (Å²) in [7, 11) is 0. The fourth-order valence-electron chi connectivity index (χ4n) is 2.64. The summed E-state index contributed by atoms with van der Waals surface area (Å²) >= 11 is 0. The number of fused-ring (bicyclic) bond motifs is 2. The molecule has 0 saturated heterocycles. The molecule has 4 rings (SSSR count). The fraction of sp³-hybridized carbons (Fsp3) is 0.222. The summed E-state index contributed by atoms with van der Waals surface area (Å²) in [4.78, 5) is 24.0. The Balaban J connectivity index is 1.27. The summed E-state index contributed by atoms with van der Waals surface area (Å²) < 4.78 is 21.0. The first kappa shape index (κ1) is 16.1. The zero-order valence-electron chi connectivity index (χ0n) is 13.7. The Kier molecular flexibility index (Phi) is 4.22. The molecule has 26 heavy (non-hydrogen) atoms. The summed E-state index contributed by atoms with van der Waals surface area (Å²) in [5.41, 5.74) is 1.40. The number of anilines is 1. The molecule has 2 aromatic rings. The van der Waals surface area contributed by atoms with Gasteiger partial charge in [-0.3, -0.25) is 9.59 Å². The average molecular weight is 356 g/mol. The van der Waals surface area contributed by atoms with E-state index < -0.39 is 5.91 Å². The number of hydrogen-bond acceptors (Lipinski definition) is 6. The molecule has 0 atom stereocenters. The third kappa shape index (κ3) is 3.49. The first-order chi connectivity index (χ1) is 12.7. The van der Waals surface area contributed by atoms with E-state index in [-0.39, 0.29) is 25.9 Å². The standard InChI is InChI=1S/C18H16N2O6/c21-17(19-8-11-1-3-13-15(5-11)25-9-23-13)7-18(22)20-12-2-4-14-16(6-12)26-10-24-14/h1-6H,7-10H2,(H,19,21)(H,20,22). The van der Waals surface area contributed by atoms with Crippen LogP contribution in [0.25, 0.3) is 0 Å². The van der Waals surface area contributed by atoms with Crippen LogP contribution in [0.15, 0.2) is 36.4 Å². The van der Waals surface area contributed by atoms with Crippen molar-refractivity contribution in [3.05, 3.63) is 42.0 Å². The van der Waals surface area contributed by atoms with Crippen LogP contribution >= 0.6 is 0 Å². The van der Waals surface area contributed by atoms with Gasteiger partial charge in [0.1, 0.15) is 6.42 Å². The molecule has 0 fully saturated rings. The van der Waals surface area contributed by atoms with Crippen molar-refractivity contribution in [2.24, 2.45) is 0 Å². The normalized spacial score (nSPS) is 13.4. The molecule has 2 amide bonds. The lowest BCUT2D eigenvalue weighted by Crippen LogP contribution is -2.27. The van der Waals surface area contributed by atoms with Crippen molar-refractivity contribution in [2.75, 3.05) is 18.9 Å². The Hall–Kier alpha value is -3.42. The van der Waals surface area contributed by atoms with Gasteiger partial charge in [-0.25, -0.2) is 0 Å². The first-order valence-corrected chi connectivity index (χ1v) is 8.02. The number of rotatable bonds is 5. The van der Waals surface area contributed by atoms with E-state index in [1.54, 1.807) is 30.3 Å². The van der Waals surface area contributed by atoms with E-state index in [4.69, 9.17) is 18.9 Å². The molecule has 0 saturated carbocycles. The summed E-state index contributed by atoms with van der Waals surface area (Å²) in [5.74, 6) is 1.74. The number of hydrogen-bond donors (Lipinski definition) is 2. The third-order valence-corrected chi connectivity index (χ3v) is 3.90. The van der Waals surface area contributed by atoms with Crippen LogP contribution in [0.5, 0.6) is 23.0 Å². The quantitative estimate of drug-likeness (QED) is 0.793. The molecule has 2 aliphatic heterocycles. The molecule has 2 aliphatic rings. The predicted molar refractivity (Wildman–Crippen MR) is 90.2 cm³/mol. The molecular formula is C18H16N2O6. The van der Waals surface area contributed by atoms with Crippen LogP contribution in [-0.2, 0) is 16.1 Å². The van der Waals surface area contributed by atoms with Crippen molar-refractivity contribution < 1.29 is 28.5 Å². The van der Waals surface area contributed by atoms with Crippen LogP contribution in [0.1, 0.15) is 12.0 Å². The zero-order valence-corrected chi connectivity index (χ0v) is 13.7. The van der Waals surface area contributed by atoms with Crippen LogP contribution in [0.2, 0.25) is 0 Å². The average Bonchev–Trinajstić information content (AvgIpc) is 3.27. The molecular weight excluding hydrogens is 340 g/mol. The highest BCUT2D eigenvalue weighted by molar-refractivity contribution is 6.03. The van der Waals surface area contributed by atoms with E-state index in [9.17, 15) is 9.59 Å². The Morgan fingerprint density at radius 3 is 2.23 bits per heavy atom. The van der Waals surface area contributed by atoms with Gasteiger partial charge in [-0.05, 0) is 29.8 Å². The minimum Gasteiger partial charge on any atom is -0.454 e. The minimum atomic E-state index is -0.410. The predicted octanol–water partition coefficient (Wildman–Crippen LogP) is 1.79. The third-order valence-electron chi connectivity index (χ3n) is 3.90. The molecule has 2 heterocycles. The molecule has 2 N–H and O–H groups in total. The SMILES string of the molecule is O=C(CC(=O)Nc1ccc2c(c1)OCO2)NCc1ccc2c(c1)OCO2. The van der Waals surface area contributed by atoms with E-state index in [2.05, 4.69) is 10.6 Å². The van der Waals surface area contributed by atoms with Gasteiger partial charge in [0.05, 0.1) is 0 Å². The van der Waals surface area contributed by atoms with Crippen molar-refractivity contribution >= 4 is 17.5 Å². The second-order valence-corrected chi connectivity index (χ2v) is 5.76. The Morgan fingerprint density at radius 2 is 1.46 bits per heavy atom. The van der Waals surface area contributed by atoms with Gasteiger partial charge in [0, 0.05) is 18.3 Å². The highest BCUT2D eigenvalue weighted by atomic mass is 16.7. The van der Waals surface area contributed by atoms with Crippen LogP contribution < -0.4 is 29.6 Å². The van der Waals surface area contributed by atoms with Crippen LogP contribution in [0, 0.1) is 0 Å². The lowest BCUT2D eigenvalue weighted by Gasteiger charge is -2.08. The number of benzene rings is 2. The minimum absolute atomic E-state index is 0.162. The highest BCUT2D eigenvalue weighted by Gasteiger charge is 2.16. The van der Waals surface area contributed by atoms with Gasteiger partial charge < -0.3 is 29.6 Å². The molecule has 0 bridgehead atoms. The number of amides is 2. The summed E-state index contributed by atoms with van der Waals surface area (Å²) in [6, 6.07) is 10.5. The van der Waals surface area contributed by atoms with Crippen molar-refractivity contribution in [3.8, 4) is 23.0 Å². The number of carbonyl (C=O) groups excluding carboxylic acids is 2. The van der Waals surface area contributed by atoms with Gasteiger partial charge in [-0.2, -0.15) is 0 Å². The van der Waals surface area contributed by atoms with Gasteiger partial charge in [0.25, 0.3) is 0 Å². The second kappa shape index (κ2) is 6.83. The second-order valence-electron chi connectivity index (χ2n) is 5.76. The molecule has 8 heteroatoms. The van der Waals surface area contributed by atoms with Gasteiger partial charge >= 0.3 is 0 Å². The molecule has 8 nitrogen and oxygen atoms in total. The summed E-state index contributed by atoms with van der Waals surface area (Å²) in [6.07, 6.45) is -0.279. The van der Waals surface area contributed by atoms with Crippen LogP contribution in [-0.4, -0.2) is 25.4 Å². The topological polar surface area (TPSA) is 95.1 Å². The Morgan fingerprint density at radius 1 is 0.808 bits per heavy atom. The lowest BCUT2D eigenvalue weighted by molar-refractivity contribution is -0.126. The first-order valence-electron chi connectivity index (χ1n) is 8.02. The number of nitrogens with one attached hydrogen (secondary N) is 2. The maximum atomic E-state index is 12.0. The molecule has 0 radical (unpaired) electrons. The van der Waals surface area contributed by atoms with E-state index in [1.807, 2.05) is 6.07 Å². The lowest BCUT2D eigenvalue weighted by atomic mass is 10.2. The number of carbonyl (C=O) groups is 2. The molecule has 0 unspecified atom stereocenters. The Bertz CT molecular complexity index is 867. The van der Waals surface area contributed by atoms with Crippen LogP contribution in [0.3, 0.4) is 0 Å². The van der Waals surface area contributed by atoms with Crippen molar-refractivity contribution in [2.45, 2.75) is 13.0 Å². The Labute approximate surface area is 149 Å². The van der Waals surface area contributed by atoms with Gasteiger partial charge in [0.2, 0.25) is 25.4 Å². The van der Waals surface area contributed by atoms with E-state index >= 15 is 0 Å². The van der Waals surface area contributed by atoms with Gasteiger partial charge in [0.15, 0.2) is 23.0 Å². The zero-order chi connectivity index (χ0) is 17.9. The highest BCUT2D eigenvalue weighted by Crippen LogP contribution is 2.34. The molecule has 0 aliphatic carbocycles. The van der Waals surface area contributed by atoms with Crippen molar-refractivity contribution in [3.63, 3.8) is 0 Å². The van der Waals surface area contributed by atoms with Crippen LogP contribution in [0.4, 0.5) is 5.69 Å². The molecule has 0 spiro atoms. The molecule has 2 aromatic carbocycles. The fourth-order valence-corrected chi connectivity index (χ4v) is 2.64. The van der Waals surface area contributed by atoms with E-state index in [0.29, 0.717) is 35.2 Å². The maximum Gasteiger partial charge on any atom is 0.233 e. The monoisotopic (exact) mass is 356 g/mol. The largest absolute Gasteiger partial charge is 0.454 e.